The van der Waals surface area contributed by atoms with Gasteiger partial charge in [0.15, 0.2) is 5.11 Å². The minimum absolute atomic E-state index is 0.165. The van der Waals surface area contributed by atoms with Gasteiger partial charge in [-0.25, -0.2) is 0 Å². The molecular formula is C26H21BrClN3OS. The molecule has 1 fully saturated rings. The van der Waals surface area contributed by atoms with Crippen LogP contribution in [0.3, 0.4) is 0 Å². The summed E-state index contributed by atoms with van der Waals surface area (Å²) in [6.45, 7) is 4.12. The molecule has 0 bridgehead atoms. The lowest BCUT2D eigenvalue weighted by molar-refractivity contribution is 0.439. The van der Waals surface area contributed by atoms with Crippen LogP contribution < -0.4 is 10.2 Å². The number of thiocarbonyl (C=S) groups is 1. The average Bonchev–Trinajstić information content (AvgIpc) is 3.42. The number of aromatic nitrogens is 1. The van der Waals surface area contributed by atoms with E-state index in [1.54, 1.807) is 6.20 Å². The zero-order valence-corrected chi connectivity index (χ0v) is 21.2. The van der Waals surface area contributed by atoms with E-state index < -0.39 is 0 Å². The normalized spacial score (nSPS) is 17.9. The molecule has 2 unspecified atom stereocenters. The molecule has 0 spiro atoms. The van der Waals surface area contributed by atoms with Crippen LogP contribution in [0, 0.1) is 13.8 Å². The van der Waals surface area contributed by atoms with Crippen LogP contribution >= 0.6 is 39.7 Å². The van der Waals surface area contributed by atoms with Crippen molar-refractivity contribution in [3.8, 4) is 11.3 Å². The Hall–Kier alpha value is -2.67. The molecule has 0 saturated carbocycles. The first-order valence-corrected chi connectivity index (χ1v) is 12.1. The third kappa shape index (κ3) is 4.19. The molecule has 3 heterocycles. The zero-order valence-electron chi connectivity index (χ0n) is 18.0. The fourth-order valence-corrected chi connectivity index (χ4v) is 4.98. The van der Waals surface area contributed by atoms with E-state index in [2.05, 4.69) is 50.2 Å². The Morgan fingerprint density at radius 3 is 2.64 bits per heavy atom. The number of aryl methyl sites for hydroxylation is 2. The molecule has 1 aliphatic heterocycles. The summed E-state index contributed by atoms with van der Waals surface area (Å²) in [7, 11) is 0. The fourth-order valence-electron chi connectivity index (χ4n) is 4.22. The highest BCUT2D eigenvalue weighted by atomic mass is 79.9. The van der Waals surface area contributed by atoms with Gasteiger partial charge in [0.05, 0.1) is 11.7 Å². The Kier molecular flexibility index (Phi) is 5.99. The van der Waals surface area contributed by atoms with Crippen molar-refractivity contribution in [2.75, 3.05) is 4.90 Å². The lowest BCUT2D eigenvalue weighted by Crippen LogP contribution is -2.29. The molecule has 2 aromatic carbocycles. The van der Waals surface area contributed by atoms with Crippen LogP contribution in [-0.2, 0) is 0 Å². The second-order valence-corrected chi connectivity index (χ2v) is 9.77. The number of furan rings is 1. The molecule has 2 atom stereocenters. The molecule has 1 aliphatic rings. The van der Waals surface area contributed by atoms with Gasteiger partial charge in [-0.3, -0.25) is 4.98 Å². The monoisotopic (exact) mass is 537 g/mol. The van der Waals surface area contributed by atoms with Crippen molar-refractivity contribution in [1.29, 1.82) is 0 Å². The van der Waals surface area contributed by atoms with Crippen molar-refractivity contribution < 1.29 is 4.42 Å². The van der Waals surface area contributed by atoms with E-state index in [1.807, 2.05) is 61.5 Å². The van der Waals surface area contributed by atoms with E-state index >= 15 is 0 Å². The molecule has 4 aromatic rings. The number of rotatable bonds is 4. The quantitative estimate of drug-likeness (QED) is 0.272. The molecule has 0 radical (unpaired) electrons. The van der Waals surface area contributed by atoms with Gasteiger partial charge in [0.2, 0.25) is 0 Å². The van der Waals surface area contributed by atoms with Crippen molar-refractivity contribution in [2.24, 2.45) is 0 Å². The molecule has 4 nitrogen and oxygen atoms in total. The van der Waals surface area contributed by atoms with E-state index in [0.717, 1.165) is 44.1 Å². The highest BCUT2D eigenvalue weighted by molar-refractivity contribution is 9.10. The van der Waals surface area contributed by atoms with Gasteiger partial charge in [0.1, 0.15) is 17.6 Å². The van der Waals surface area contributed by atoms with Gasteiger partial charge in [-0.2, -0.15) is 0 Å². The Labute approximate surface area is 211 Å². The lowest BCUT2D eigenvalue weighted by atomic mass is 10.0. The zero-order chi connectivity index (χ0) is 23.1. The third-order valence-corrected chi connectivity index (χ3v) is 7.34. The van der Waals surface area contributed by atoms with Crippen LogP contribution in [0.25, 0.3) is 11.3 Å². The van der Waals surface area contributed by atoms with Gasteiger partial charge >= 0.3 is 0 Å². The summed E-state index contributed by atoms with van der Waals surface area (Å²) in [5.74, 6) is 1.57. The minimum Gasteiger partial charge on any atom is -0.459 e. The maximum Gasteiger partial charge on any atom is 0.174 e. The van der Waals surface area contributed by atoms with Crippen LogP contribution in [0.2, 0.25) is 5.02 Å². The largest absolute Gasteiger partial charge is 0.459 e. The topological polar surface area (TPSA) is 41.3 Å². The molecule has 5 rings (SSSR count). The molecule has 1 N–H and O–H groups in total. The Balaban J connectivity index is 1.62. The third-order valence-electron chi connectivity index (χ3n) is 5.90. The second kappa shape index (κ2) is 8.93. The van der Waals surface area contributed by atoms with Gasteiger partial charge in [-0.15, -0.1) is 0 Å². The summed E-state index contributed by atoms with van der Waals surface area (Å²) in [5, 5.41) is 4.78. The van der Waals surface area contributed by atoms with Gasteiger partial charge in [-0.05, 0) is 91.8 Å². The van der Waals surface area contributed by atoms with Gasteiger partial charge < -0.3 is 14.6 Å². The highest BCUT2D eigenvalue weighted by Gasteiger charge is 2.42. The van der Waals surface area contributed by atoms with Crippen molar-refractivity contribution in [2.45, 2.75) is 25.9 Å². The van der Waals surface area contributed by atoms with E-state index in [4.69, 9.17) is 28.2 Å². The summed E-state index contributed by atoms with van der Waals surface area (Å²) < 4.78 is 7.51. The van der Waals surface area contributed by atoms with Crippen molar-refractivity contribution in [3.05, 3.63) is 105 Å². The van der Waals surface area contributed by atoms with Crippen LogP contribution in [0.5, 0.6) is 0 Å². The smallest absolute Gasteiger partial charge is 0.174 e. The summed E-state index contributed by atoms with van der Waals surface area (Å²) in [5.41, 5.74) is 5.10. The van der Waals surface area contributed by atoms with Gasteiger partial charge in [-0.1, -0.05) is 39.7 Å². The van der Waals surface area contributed by atoms with Crippen LogP contribution in [0.15, 0.2) is 81.8 Å². The Bertz CT molecular complexity index is 1340. The number of benzene rings is 2. The molecule has 166 valence electrons. The predicted octanol–water partition coefficient (Wildman–Crippen LogP) is 7.55. The summed E-state index contributed by atoms with van der Waals surface area (Å²) in [6, 6.07) is 21.6. The number of hydrogen-bond donors (Lipinski definition) is 1. The Morgan fingerprint density at radius 1 is 1.03 bits per heavy atom. The molecule has 33 heavy (non-hydrogen) atoms. The number of hydrogen-bond acceptors (Lipinski definition) is 3. The number of nitrogens with one attached hydrogen (secondary N) is 1. The maximum atomic E-state index is 6.46. The molecule has 2 aromatic heterocycles. The number of nitrogens with zero attached hydrogens (tertiary/aromatic N) is 2. The fraction of sp³-hybridized carbons (Fsp3) is 0.154. The first-order valence-electron chi connectivity index (χ1n) is 10.6. The Morgan fingerprint density at radius 2 is 1.88 bits per heavy atom. The van der Waals surface area contributed by atoms with Crippen LogP contribution in [0.1, 0.15) is 34.7 Å². The number of pyridine rings is 1. The summed E-state index contributed by atoms with van der Waals surface area (Å²) in [6.07, 6.45) is 1.80. The lowest BCUT2D eigenvalue weighted by Gasteiger charge is -2.26. The predicted molar refractivity (Wildman–Crippen MR) is 141 cm³/mol. The van der Waals surface area contributed by atoms with E-state index in [-0.39, 0.29) is 12.1 Å². The van der Waals surface area contributed by atoms with Crippen molar-refractivity contribution in [3.63, 3.8) is 0 Å². The molecule has 1 saturated heterocycles. The highest BCUT2D eigenvalue weighted by Crippen LogP contribution is 2.43. The van der Waals surface area contributed by atoms with Gasteiger partial charge in [0.25, 0.3) is 0 Å². The molecule has 7 heteroatoms. The molecule has 0 aliphatic carbocycles. The minimum atomic E-state index is -0.207. The van der Waals surface area contributed by atoms with E-state index in [1.165, 1.54) is 0 Å². The van der Waals surface area contributed by atoms with Gasteiger partial charge in [0, 0.05) is 26.9 Å². The second-order valence-electron chi connectivity index (χ2n) is 8.09. The standard InChI is InChI=1S/C26H21BrClN3OS/c1-15-6-7-17(28)14-19(15)22-10-11-23(32-22)25-24(21-5-3-4-12-29-21)30-26(33)31(25)18-8-9-20(27)16(2)13-18/h3-14,24-25H,1-2H3,(H,30,33). The van der Waals surface area contributed by atoms with E-state index in [9.17, 15) is 0 Å². The first-order chi connectivity index (χ1) is 15.9. The first kappa shape index (κ1) is 22.1. The number of halogens is 2. The summed E-state index contributed by atoms with van der Waals surface area (Å²) in [4.78, 5) is 6.72. The number of anilines is 1. The van der Waals surface area contributed by atoms with E-state index in [0.29, 0.717) is 10.1 Å². The van der Waals surface area contributed by atoms with Crippen molar-refractivity contribution >= 4 is 50.5 Å². The van der Waals surface area contributed by atoms with Crippen LogP contribution in [0.4, 0.5) is 5.69 Å². The maximum absolute atomic E-state index is 6.46. The SMILES string of the molecule is Cc1cc(N2C(=S)NC(c3ccccn3)C2c2ccc(-c3cc(Cl)ccc3C)o2)ccc1Br. The molecular weight excluding hydrogens is 518 g/mol. The average molecular weight is 539 g/mol. The van der Waals surface area contributed by atoms with Crippen molar-refractivity contribution in [1.82, 2.24) is 10.3 Å². The summed E-state index contributed by atoms with van der Waals surface area (Å²) >= 11 is 15.7. The molecule has 0 amide bonds. The van der Waals surface area contributed by atoms with Crippen LogP contribution in [-0.4, -0.2) is 10.1 Å².